The molecule has 6 nitrogen and oxygen atoms in total. The second kappa shape index (κ2) is 10.1. The Bertz CT molecular complexity index is 876. The molecule has 0 saturated carbocycles. The van der Waals surface area contributed by atoms with Crippen LogP contribution >= 0.6 is 23.2 Å². The summed E-state index contributed by atoms with van der Waals surface area (Å²) in [5.74, 6) is 1.06. The fourth-order valence-electron chi connectivity index (χ4n) is 3.22. The van der Waals surface area contributed by atoms with E-state index >= 15 is 0 Å². The zero-order chi connectivity index (χ0) is 21.7. The third-order valence-corrected chi connectivity index (χ3v) is 5.75. The number of hydrogen-bond donors (Lipinski definition) is 1. The topological polar surface area (TPSA) is 65.5 Å². The number of piperazine rings is 1. The van der Waals surface area contributed by atoms with Gasteiger partial charge in [0.05, 0.1) is 5.56 Å². The van der Waals surface area contributed by atoms with Gasteiger partial charge in [-0.1, -0.05) is 43.5 Å². The number of nitrogens with one attached hydrogen (secondary N) is 1. The quantitative estimate of drug-likeness (QED) is 0.721. The van der Waals surface area contributed by atoms with Crippen LogP contribution in [0.15, 0.2) is 36.5 Å². The Morgan fingerprint density at radius 1 is 1.07 bits per heavy atom. The SMILES string of the molecule is CCC(C)CNC(=O)c1ccc(N2CCN(C(=O)c3cc(Cl)cc(Cl)c3)CC2)nc1. The second-order valence-electron chi connectivity index (χ2n) is 7.57. The van der Waals surface area contributed by atoms with Gasteiger partial charge in [0, 0.05) is 54.5 Å². The number of rotatable bonds is 6. The van der Waals surface area contributed by atoms with Gasteiger partial charge in [-0.25, -0.2) is 4.98 Å². The molecular formula is C22H26Cl2N4O2. The molecule has 0 aliphatic carbocycles. The highest BCUT2D eigenvalue weighted by Crippen LogP contribution is 2.21. The average molecular weight is 449 g/mol. The van der Waals surface area contributed by atoms with Crippen LogP contribution in [0.25, 0.3) is 0 Å². The lowest BCUT2D eigenvalue weighted by Crippen LogP contribution is -2.49. The van der Waals surface area contributed by atoms with Crippen LogP contribution in [-0.2, 0) is 0 Å². The van der Waals surface area contributed by atoms with Crippen LogP contribution in [0.1, 0.15) is 41.0 Å². The van der Waals surface area contributed by atoms with Crippen molar-refractivity contribution in [1.82, 2.24) is 15.2 Å². The highest BCUT2D eigenvalue weighted by Gasteiger charge is 2.23. The minimum Gasteiger partial charge on any atom is -0.353 e. The molecule has 1 aromatic heterocycles. The Hall–Kier alpha value is -2.31. The molecular weight excluding hydrogens is 423 g/mol. The van der Waals surface area contributed by atoms with E-state index in [0.717, 1.165) is 12.2 Å². The highest BCUT2D eigenvalue weighted by atomic mass is 35.5. The third-order valence-electron chi connectivity index (χ3n) is 5.32. The minimum atomic E-state index is -0.107. The van der Waals surface area contributed by atoms with Gasteiger partial charge >= 0.3 is 0 Å². The van der Waals surface area contributed by atoms with Crippen molar-refractivity contribution in [2.24, 2.45) is 5.92 Å². The summed E-state index contributed by atoms with van der Waals surface area (Å²) in [6.07, 6.45) is 2.63. The Balaban J connectivity index is 1.56. The van der Waals surface area contributed by atoms with E-state index in [-0.39, 0.29) is 11.8 Å². The van der Waals surface area contributed by atoms with Crippen LogP contribution in [0.5, 0.6) is 0 Å². The summed E-state index contributed by atoms with van der Waals surface area (Å²) in [6, 6.07) is 8.52. The lowest BCUT2D eigenvalue weighted by molar-refractivity contribution is 0.0746. The zero-order valence-corrected chi connectivity index (χ0v) is 18.7. The predicted molar refractivity (Wildman–Crippen MR) is 121 cm³/mol. The van der Waals surface area contributed by atoms with Gasteiger partial charge in [0.15, 0.2) is 0 Å². The molecule has 8 heteroatoms. The van der Waals surface area contributed by atoms with Crippen LogP contribution < -0.4 is 10.2 Å². The number of nitrogens with zero attached hydrogens (tertiary/aromatic N) is 3. The molecule has 0 spiro atoms. The van der Waals surface area contributed by atoms with Crippen LogP contribution in [0, 0.1) is 5.92 Å². The number of pyridine rings is 1. The number of amides is 2. The Kier molecular flexibility index (Phi) is 7.56. The summed E-state index contributed by atoms with van der Waals surface area (Å²) in [6.45, 7) is 7.32. The first-order valence-electron chi connectivity index (χ1n) is 10.1. The molecule has 3 rings (SSSR count). The van der Waals surface area contributed by atoms with Gasteiger partial charge in [-0.3, -0.25) is 9.59 Å². The largest absolute Gasteiger partial charge is 0.353 e. The van der Waals surface area contributed by atoms with Crippen molar-refractivity contribution in [1.29, 1.82) is 0 Å². The molecule has 1 aliphatic heterocycles. The van der Waals surface area contributed by atoms with Gasteiger partial charge in [0.25, 0.3) is 11.8 Å². The lowest BCUT2D eigenvalue weighted by Gasteiger charge is -2.35. The van der Waals surface area contributed by atoms with E-state index in [2.05, 4.69) is 29.0 Å². The molecule has 0 radical (unpaired) electrons. The maximum Gasteiger partial charge on any atom is 0.254 e. The summed E-state index contributed by atoms with van der Waals surface area (Å²) in [5, 5.41) is 3.83. The Morgan fingerprint density at radius 3 is 2.30 bits per heavy atom. The first-order valence-corrected chi connectivity index (χ1v) is 10.9. The first kappa shape index (κ1) is 22.4. The zero-order valence-electron chi connectivity index (χ0n) is 17.2. The summed E-state index contributed by atoms with van der Waals surface area (Å²) < 4.78 is 0. The number of anilines is 1. The van der Waals surface area contributed by atoms with Crippen molar-refractivity contribution in [3.05, 3.63) is 57.7 Å². The molecule has 1 aromatic carbocycles. The number of carbonyl (C=O) groups is 2. The fourth-order valence-corrected chi connectivity index (χ4v) is 3.75. The molecule has 160 valence electrons. The third kappa shape index (κ3) is 5.64. The first-order chi connectivity index (χ1) is 14.4. The second-order valence-corrected chi connectivity index (χ2v) is 8.44. The standard InChI is InChI=1S/C22H26Cl2N4O2/c1-3-15(2)13-26-21(29)16-4-5-20(25-14-16)27-6-8-28(9-7-27)22(30)17-10-18(23)12-19(24)11-17/h4-5,10-12,14-15H,3,6-9,13H2,1-2H3,(H,26,29). The average Bonchev–Trinajstić information content (AvgIpc) is 2.76. The minimum absolute atomic E-state index is 0.0830. The monoisotopic (exact) mass is 448 g/mol. The number of benzene rings is 1. The van der Waals surface area contributed by atoms with Crippen molar-refractivity contribution in [2.45, 2.75) is 20.3 Å². The molecule has 1 N–H and O–H groups in total. The van der Waals surface area contributed by atoms with Gasteiger partial charge in [-0.2, -0.15) is 0 Å². The van der Waals surface area contributed by atoms with Crippen LogP contribution in [0.4, 0.5) is 5.82 Å². The molecule has 2 amide bonds. The van der Waals surface area contributed by atoms with Crippen molar-refractivity contribution < 1.29 is 9.59 Å². The van der Waals surface area contributed by atoms with E-state index in [1.165, 1.54) is 0 Å². The number of halogens is 2. The normalized spacial score (nSPS) is 15.1. The summed E-state index contributed by atoms with van der Waals surface area (Å²) in [5.41, 5.74) is 1.04. The summed E-state index contributed by atoms with van der Waals surface area (Å²) in [7, 11) is 0. The van der Waals surface area contributed by atoms with Crippen LogP contribution in [-0.4, -0.2) is 54.4 Å². The molecule has 0 bridgehead atoms. The van der Waals surface area contributed by atoms with Crippen molar-refractivity contribution in [2.75, 3.05) is 37.6 Å². The van der Waals surface area contributed by atoms with E-state index in [1.807, 2.05) is 6.07 Å². The van der Waals surface area contributed by atoms with Gasteiger partial charge < -0.3 is 15.1 Å². The van der Waals surface area contributed by atoms with E-state index in [9.17, 15) is 9.59 Å². The van der Waals surface area contributed by atoms with Crippen molar-refractivity contribution in [3.63, 3.8) is 0 Å². The molecule has 1 atom stereocenters. The molecule has 30 heavy (non-hydrogen) atoms. The fraction of sp³-hybridized carbons (Fsp3) is 0.409. The van der Waals surface area contributed by atoms with Crippen LogP contribution in [0.3, 0.4) is 0 Å². The smallest absolute Gasteiger partial charge is 0.254 e. The predicted octanol–water partition coefficient (Wildman–Crippen LogP) is 4.13. The van der Waals surface area contributed by atoms with E-state index in [4.69, 9.17) is 23.2 Å². The molecule has 1 unspecified atom stereocenters. The molecule has 1 aliphatic rings. The molecule has 1 fully saturated rings. The van der Waals surface area contributed by atoms with E-state index in [0.29, 0.717) is 59.8 Å². The van der Waals surface area contributed by atoms with Gasteiger partial charge in [0.1, 0.15) is 5.82 Å². The van der Waals surface area contributed by atoms with Gasteiger partial charge in [-0.05, 0) is 36.2 Å². The molecule has 2 aromatic rings. The van der Waals surface area contributed by atoms with Gasteiger partial charge in [0.2, 0.25) is 0 Å². The van der Waals surface area contributed by atoms with Crippen molar-refractivity contribution >= 4 is 40.8 Å². The van der Waals surface area contributed by atoms with E-state index < -0.39 is 0 Å². The van der Waals surface area contributed by atoms with Crippen LogP contribution in [0.2, 0.25) is 10.0 Å². The lowest BCUT2D eigenvalue weighted by atomic mass is 10.1. The number of aromatic nitrogens is 1. The summed E-state index contributed by atoms with van der Waals surface area (Å²) in [4.78, 5) is 33.3. The molecule has 2 heterocycles. The maximum absolute atomic E-state index is 12.7. The molecule has 1 saturated heterocycles. The number of hydrogen-bond acceptors (Lipinski definition) is 4. The Morgan fingerprint density at radius 2 is 1.73 bits per heavy atom. The highest BCUT2D eigenvalue weighted by molar-refractivity contribution is 6.35. The Labute approximate surface area is 187 Å². The maximum atomic E-state index is 12.7. The van der Waals surface area contributed by atoms with E-state index in [1.54, 1.807) is 35.4 Å². The summed E-state index contributed by atoms with van der Waals surface area (Å²) >= 11 is 12.0. The van der Waals surface area contributed by atoms with Crippen molar-refractivity contribution in [3.8, 4) is 0 Å². The van der Waals surface area contributed by atoms with Gasteiger partial charge in [-0.15, -0.1) is 0 Å². The number of carbonyl (C=O) groups excluding carboxylic acids is 2.